The number of benzene rings is 1. The van der Waals surface area contributed by atoms with Gasteiger partial charge in [-0.05, 0) is 43.7 Å². The van der Waals surface area contributed by atoms with Crippen LogP contribution in [0.3, 0.4) is 0 Å². The molecule has 2 aromatic heterocycles. The standard InChI is InChI=1S/C22H25ClN6O2/c1-14-10-25-22(26-18-5-7-24-11-18)28-20(14)29-8-6-16(12-29)21(31)27-19(13-30)15-3-2-4-17(23)9-15/h2-4,6,8-10,12,18-19,24,30H,5,7,11,13H2,1H3,(H,27,31)(H,25,26,28)/t18?,19-/m1/s1. The van der Waals surface area contributed by atoms with Gasteiger partial charge in [-0.15, -0.1) is 0 Å². The SMILES string of the molecule is Cc1cnc(NC2CCNC2)nc1-n1ccc(C(=O)N[C@H](CO)c2cccc(Cl)c2)c1. The molecule has 9 heteroatoms. The van der Waals surface area contributed by atoms with Crippen molar-refractivity contribution in [1.29, 1.82) is 0 Å². The predicted molar refractivity (Wildman–Crippen MR) is 120 cm³/mol. The van der Waals surface area contributed by atoms with Crippen LogP contribution in [0, 0.1) is 6.92 Å². The van der Waals surface area contributed by atoms with Gasteiger partial charge in [0.15, 0.2) is 0 Å². The molecule has 1 aliphatic rings. The lowest BCUT2D eigenvalue weighted by molar-refractivity contribution is 0.0916. The molecule has 2 atom stereocenters. The Hall–Kier alpha value is -2.94. The van der Waals surface area contributed by atoms with Crippen LogP contribution in [0.4, 0.5) is 5.95 Å². The number of amides is 1. The normalized spacial score (nSPS) is 16.8. The number of aliphatic hydroxyl groups excluding tert-OH is 1. The first-order valence-electron chi connectivity index (χ1n) is 10.2. The molecule has 1 aliphatic heterocycles. The molecule has 162 valence electrons. The Balaban J connectivity index is 1.50. The Kier molecular flexibility index (Phi) is 6.50. The second-order valence-electron chi connectivity index (χ2n) is 7.61. The van der Waals surface area contributed by atoms with E-state index in [1.54, 1.807) is 47.4 Å². The summed E-state index contributed by atoms with van der Waals surface area (Å²) in [7, 11) is 0. The smallest absolute Gasteiger partial charge is 0.253 e. The molecule has 1 aromatic carbocycles. The molecule has 8 nitrogen and oxygen atoms in total. The van der Waals surface area contributed by atoms with Gasteiger partial charge in [0.25, 0.3) is 5.91 Å². The van der Waals surface area contributed by atoms with Gasteiger partial charge in [0, 0.05) is 41.8 Å². The number of hydrogen-bond donors (Lipinski definition) is 4. The molecule has 0 radical (unpaired) electrons. The largest absolute Gasteiger partial charge is 0.394 e. The summed E-state index contributed by atoms with van der Waals surface area (Å²) in [5.41, 5.74) is 2.10. The molecule has 0 aliphatic carbocycles. The molecule has 1 amide bonds. The van der Waals surface area contributed by atoms with Crippen molar-refractivity contribution < 1.29 is 9.90 Å². The topological polar surface area (TPSA) is 104 Å². The van der Waals surface area contributed by atoms with Crippen molar-refractivity contribution in [2.24, 2.45) is 0 Å². The van der Waals surface area contributed by atoms with Crippen molar-refractivity contribution in [2.75, 3.05) is 25.0 Å². The lowest BCUT2D eigenvalue weighted by Crippen LogP contribution is -2.30. The molecule has 0 bridgehead atoms. The van der Waals surface area contributed by atoms with E-state index in [1.807, 2.05) is 13.0 Å². The minimum atomic E-state index is -0.550. The maximum absolute atomic E-state index is 12.8. The summed E-state index contributed by atoms with van der Waals surface area (Å²) in [4.78, 5) is 21.8. The molecule has 4 N–H and O–H groups in total. The molecule has 0 spiro atoms. The maximum Gasteiger partial charge on any atom is 0.253 e. The van der Waals surface area contributed by atoms with Gasteiger partial charge in [0.1, 0.15) is 5.82 Å². The second kappa shape index (κ2) is 9.47. The fourth-order valence-corrected chi connectivity index (χ4v) is 3.78. The summed E-state index contributed by atoms with van der Waals surface area (Å²) in [5.74, 6) is 0.978. The van der Waals surface area contributed by atoms with Crippen molar-refractivity contribution in [2.45, 2.75) is 25.4 Å². The van der Waals surface area contributed by atoms with Gasteiger partial charge in [0.05, 0.1) is 18.2 Å². The highest BCUT2D eigenvalue weighted by Crippen LogP contribution is 2.19. The van der Waals surface area contributed by atoms with E-state index in [9.17, 15) is 9.90 Å². The van der Waals surface area contributed by atoms with Crippen LogP contribution in [0.25, 0.3) is 5.82 Å². The minimum Gasteiger partial charge on any atom is -0.394 e. The highest BCUT2D eigenvalue weighted by Gasteiger charge is 2.18. The van der Waals surface area contributed by atoms with Crippen molar-refractivity contribution in [3.63, 3.8) is 0 Å². The zero-order valence-electron chi connectivity index (χ0n) is 17.2. The summed E-state index contributed by atoms with van der Waals surface area (Å²) in [5, 5.41) is 19.8. The lowest BCUT2D eigenvalue weighted by Gasteiger charge is -2.16. The van der Waals surface area contributed by atoms with Gasteiger partial charge in [-0.2, -0.15) is 4.98 Å². The van der Waals surface area contributed by atoms with Gasteiger partial charge in [0.2, 0.25) is 5.95 Å². The molecule has 31 heavy (non-hydrogen) atoms. The molecule has 1 fully saturated rings. The Labute approximate surface area is 185 Å². The summed E-state index contributed by atoms with van der Waals surface area (Å²) in [6.45, 7) is 3.56. The maximum atomic E-state index is 12.8. The van der Waals surface area contributed by atoms with Gasteiger partial charge in [-0.25, -0.2) is 4.98 Å². The van der Waals surface area contributed by atoms with E-state index >= 15 is 0 Å². The first-order valence-corrected chi connectivity index (χ1v) is 10.6. The van der Waals surface area contributed by atoms with Crippen LogP contribution in [0.5, 0.6) is 0 Å². The molecule has 3 aromatic rings. The van der Waals surface area contributed by atoms with Crippen LogP contribution >= 0.6 is 11.6 Å². The van der Waals surface area contributed by atoms with Gasteiger partial charge >= 0.3 is 0 Å². The van der Waals surface area contributed by atoms with E-state index in [0.29, 0.717) is 28.4 Å². The number of aliphatic hydroxyl groups is 1. The third-order valence-corrected chi connectivity index (χ3v) is 5.51. The summed E-state index contributed by atoms with van der Waals surface area (Å²) >= 11 is 6.03. The van der Waals surface area contributed by atoms with E-state index in [1.165, 1.54) is 0 Å². The Bertz CT molecular complexity index is 1060. The Morgan fingerprint density at radius 1 is 1.42 bits per heavy atom. The van der Waals surface area contributed by atoms with Crippen LogP contribution in [0.2, 0.25) is 5.02 Å². The number of rotatable bonds is 7. The molecule has 1 saturated heterocycles. The monoisotopic (exact) mass is 440 g/mol. The second-order valence-corrected chi connectivity index (χ2v) is 8.04. The number of halogens is 1. The summed E-state index contributed by atoms with van der Waals surface area (Å²) in [6.07, 6.45) is 6.31. The molecular formula is C22H25ClN6O2. The third kappa shape index (κ3) is 5.04. The van der Waals surface area contributed by atoms with Crippen LogP contribution in [0.1, 0.15) is 33.9 Å². The number of carbonyl (C=O) groups excluding carboxylic acids is 1. The van der Waals surface area contributed by atoms with E-state index < -0.39 is 6.04 Å². The summed E-state index contributed by atoms with van der Waals surface area (Å²) < 4.78 is 1.80. The van der Waals surface area contributed by atoms with E-state index in [0.717, 1.165) is 30.6 Å². The highest BCUT2D eigenvalue weighted by atomic mass is 35.5. The van der Waals surface area contributed by atoms with E-state index in [4.69, 9.17) is 11.6 Å². The number of nitrogens with zero attached hydrogens (tertiary/aromatic N) is 3. The molecule has 0 saturated carbocycles. The Morgan fingerprint density at radius 3 is 3.03 bits per heavy atom. The molecule has 3 heterocycles. The Morgan fingerprint density at radius 2 is 2.29 bits per heavy atom. The zero-order valence-corrected chi connectivity index (χ0v) is 17.9. The third-order valence-electron chi connectivity index (χ3n) is 5.28. The van der Waals surface area contributed by atoms with Gasteiger partial charge in [-0.1, -0.05) is 23.7 Å². The first kappa shape index (κ1) is 21.3. The molecule has 1 unspecified atom stereocenters. The van der Waals surface area contributed by atoms with Crippen LogP contribution in [0.15, 0.2) is 48.9 Å². The minimum absolute atomic E-state index is 0.233. The van der Waals surface area contributed by atoms with E-state index in [-0.39, 0.29) is 12.5 Å². The number of hydrogen-bond acceptors (Lipinski definition) is 6. The lowest BCUT2D eigenvalue weighted by atomic mass is 10.1. The van der Waals surface area contributed by atoms with Crippen LogP contribution < -0.4 is 16.0 Å². The molecular weight excluding hydrogens is 416 g/mol. The fourth-order valence-electron chi connectivity index (χ4n) is 3.59. The highest BCUT2D eigenvalue weighted by molar-refractivity contribution is 6.30. The zero-order chi connectivity index (χ0) is 21.8. The average molecular weight is 441 g/mol. The van der Waals surface area contributed by atoms with Crippen molar-refractivity contribution in [3.05, 3.63) is 70.6 Å². The number of carbonyl (C=O) groups is 1. The fraction of sp³-hybridized carbons (Fsp3) is 0.318. The predicted octanol–water partition coefficient (Wildman–Crippen LogP) is 2.47. The molecule has 4 rings (SSSR count). The van der Waals surface area contributed by atoms with Crippen molar-refractivity contribution >= 4 is 23.5 Å². The number of aromatic nitrogens is 3. The van der Waals surface area contributed by atoms with Gasteiger partial charge in [-0.3, -0.25) is 4.79 Å². The summed E-state index contributed by atoms with van der Waals surface area (Å²) in [6, 6.07) is 8.56. The number of nitrogens with one attached hydrogen (secondary N) is 3. The van der Waals surface area contributed by atoms with E-state index in [2.05, 4.69) is 25.9 Å². The van der Waals surface area contributed by atoms with Crippen molar-refractivity contribution in [1.82, 2.24) is 25.2 Å². The van der Waals surface area contributed by atoms with Crippen LogP contribution in [-0.4, -0.2) is 51.3 Å². The van der Waals surface area contributed by atoms with Crippen LogP contribution in [-0.2, 0) is 0 Å². The van der Waals surface area contributed by atoms with Crippen molar-refractivity contribution in [3.8, 4) is 5.82 Å². The first-order chi connectivity index (χ1) is 15.0. The number of aryl methyl sites for hydroxylation is 1. The average Bonchev–Trinajstić information content (AvgIpc) is 3.45. The van der Waals surface area contributed by atoms with Gasteiger partial charge < -0.3 is 25.6 Å². The number of anilines is 1. The quantitative estimate of drug-likeness (QED) is 0.450.